The van der Waals surface area contributed by atoms with Crippen LogP contribution in [0, 0.1) is 5.82 Å². The second-order valence-electron chi connectivity index (χ2n) is 4.26. The van der Waals surface area contributed by atoms with Crippen LogP contribution in [0.2, 0.25) is 0 Å². The minimum absolute atomic E-state index is 0.341. The fourth-order valence-electron chi connectivity index (χ4n) is 1.95. The number of rotatable bonds is 2. The lowest BCUT2D eigenvalue weighted by Crippen LogP contribution is -2.23. The highest BCUT2D eigenvalue weighted by atomic mass is 19.1. The van der Waals surface area contributed by atoms with Crippen molar-refractivity contribution in [3.8, 4) is 0 Å². The highest BCUT2D eigenvalue weighted by molar-refractivity contribution is 6.21. The van der Waals surface area contributed by atoms with Crippen molar-refractivity contribution >= 4 is 18.0 Å². The number of hydrogen-bond donors (Lipinski definition) is 0. The quantitative estimate of drug-likeness (QED) is 0.620. The largest absolute Gasteiger partial charge is 0.282 e. The van der Waals surface area contributed by atoms with Crippen molar-refractivity contribution in [2.24, 2.45) is 5.10 Å². The molecular weight excluding hydrogens is 259 g/mol. The van der Waals surface area contributed by atoms with E-state index in [1.165, 1.54) is 30.5 Å². The van der Waals surface area contributed by atoms with Gasteiger partial charge in [-0.05, 0) is 29.8 Å². The first kappa shape index (κ1) is 12.2. The van der Waals surface area contributed by atoms with Gasteiger partial charge in [-0.2, -0.15) is 10.1 Å². The van der Waals surface area contributed by atoms with Crippen LogP contribution in [-0.2, 0) is 0 Å². The zero-order chi connectivity index (χ0) is 14.1. The molecule has 2 aromatic rings. The molecule has 2 amide bonds. The lowest BCUT2D eigenvalue weighted by Gasteiger charge is -2.05. The predicted molar refractivity (Wildman–Crippen MR) is 70.9 cm³/mol. The SMILES string of the molecule is O=C1c2ccccc2C(=O)N1/N=C\c1ccc(F)cc1. The van der Waals surface area contributed by atoms with Gasteiger partial charge in [0.2, 0.25) is 0 Å². The molecule has 0 saturated carbocycles. The van der Waals surface area contributed by atoms with Crippen LogP contribution in [0.1, 0.15) is 26.3 Å². The lowest BCUT2D eigenvalue weighted by atomic mass is 10.1. The fraction of sp³-hybridized carbons (Fsp3) is 0. The van der Waals surface area contributed by atoms with E-state index in [2.05, 4.69) is 5.10 Å². The Kier molecular flexibility index (Phi) is 2.87. The van der Waals surface area contributed by atoms with E-state index in [-0.39, 0.29) is 5.82 Å². The number of carbonyl (C=O) groups excluding carboxylic acids is 2. The molecule has 98 valence electrons. The Morgan fingerprint density at radius 3 is 2.00 bits per heavy atom. The third-order valence-electron chi connectivity index (χ3n) is 2.96. The first-order valence-electron chi connectivity index (χ1n) is 5.94. The fourth-order valence-corrected chi connectivity index (χ4v) is 1.95. The summed E-state index contributed by atoms with van der Waals surface area (Å²) in [7, 11) is 0. The Hall–Kier alpha value is -2.82. The van der Waals surface area contributed by atoms with Gasteiger partial charge in [-0.1, -0.05) is 24.3 Å². The van der Waals surface area contributed by atoms with Gasteiger partial charge in [0.1, 0.15) is 5.82 Å². The number of hydrazone groups is 1. The maximum Gasteiger partial charge on any atom is 0.282 e. The standard InChI is InChI=1S/C15H9FN2O2/c16-11-7-5-10(6-8-11)9-17-18-14(19)12-3-1-2-4-13(12)15(18)20/h1-9H/b17-9-. The second-order valence-corrected chi connectivity index (χ2v) is 4.26. The average Bonchev–Trinajstić information content (AvgIpc) is 2.71. The molecule has 1 aliphatic rings. The van der Waals surface area contributed by atoms with Gasteiger partial charge in [-0.25, -0.2) is 4.39 Å². The van der Waals surface area contributed by atoms with Crippen molar-refractivity contribution < 1.29 is 14.0 Å². The van der Waals surface area contributed by atoms with Gasteiger partial charge in [0.15, 0.2) is 0 Å². The highest BCUT2D eigenvalue weighted by Crippen LogP contribution is 2.22. The molecular formula is C15H9FN2O2. The number of nitrogens with zero attached hydrogens (tertiary/aromatic N) is 2. The molecule has 0 atom stereocenters. The van der Waals surface area contributed by atoms with Crippen molar-refractivity contribution in [1.29, 1.82) is 0 Å². The smallest absolute Gasteiger partial charge is 0.267 e. The summed E-state index contributed by atoms with van der Waals surface area (Å²) < 4.78 is 12.8. The second kappa shape index (κ2) is 4.70. The number of imide groups is 1. The maximum absolute atomic E-state index is 12.8. The van der Waals surface area contributed by atoms with Gasteiger partial charge >= 0.3 is 0 Å². The summed E-state index contributed by atoms with van der Waals surface area (Å²) in [6.45, 7) is 0. The van der Waals surface area contributed by atoms with Crippen LogP contribution in [0.5, 0.6) is 0 Å². The lowest BCUT2D eigenvalue weighted by molar-refractivity contribution is 0.0660. The van der Waals surface area contributed by atoms with E-state index < -0.39 is 11.8 Å². The molecule has 2 aromatic carbocycles. The van der Waals surface area contributed by atoms with Gasteiger partial charge in [0, 0.05) is 0 Å². The summed E-state index contributed by atoms with van der Waals surface area (Å²) in [5, 5.41) is 4.70. The van der Waals surface area contributed by atoms with Crippen LogP contribution in [0.3, 0.4) is 0 Å². The zero-order valence-electron chi connectivity index (χ0n) is 10.3. The Labute approximate surface area is 114 Å². The van der Waals surface area contributed by atoms with E-state index in [4.69, 9.17) is 0 Å². The molecule has 3 rings (SSSR count). The first-order chi connectivity index (χ1) is 9.66. The van der Waals surface area contributed by atoms with Crippen LogP contribution in [-0.4, -0.2) is 23.0 Å². The molecule has 20 heavy (non-hydrogen) atoms. The Morgan fingerprint density at radius 2 is 1.45 bits per heavy atom. The number of carbonyl (C=O) groups is 2. The van der Waals surface area contributed by atoms with Crippen molar-refractivity contribution in [2.75, 3.05) is 0 Å². The van der Waals surface area contributed by atoms with Crippen molar-refractivity contribution in [1.82, 2.24) is 5.01 Å². The summed E-state index contributed by atoms with van der Waals surface area (Å²) >= 11 is 0. The van der Waals surface area contributed by atoms with Crippen molar-refractivity contribution in [3.05, 3.63) is 71.0 Å². The molecule has 1 aliphatic heterocycles. The molecule has 0 unspecified atom stereocenters. The molecule has 0 bridgehead atoms. The third-order valence-corrected chi connectivity index (χ3v) is 2.96. The van der Waals surface area contributed by atoms with Crippen molar-refractivity contribution in [2.45, 2.75) is 0 Å². The molecule has 1 heterocycles. The third kappa shape index (κ3) is 1.99. The first-order valence-corrected chi connectivity index (χ1v) is 5.94. The molecule has 5 heteroatoms. The van der Waals surface area contributed by atoms with Gasteiger partial charge < -0.3 is 0 Å². The summed E-state index contributed by atoms with van der Waals surface area (Å²) in [6.07, 6.45) is 1.35. The Bertz CT molecular complexity index is 688. The predicted octanol–water partition coefficient (Wildman–Crippen LogP) is 2.46. The minimum Gasteiger partial charge on any atom is -0.267 e. The molecule has 0 aromatic heterocycles. The number of amides is 2. The van der Waals surface area contributed by atoms with E-state index in [0.29, 0.717) is 16.7 Å². The molecule has 0 spiro atoms. The summed E-state index contributed by atoms with van der Waals surface area (Å²) in [6, 6.07) is 12.1. The van der Waals surface area contributed by atoms with E-state index >= 15 is 0 Å². The summed E-state index contributed by atoms with van der Waals surface area (Å²) in [5.74, 6) is -1.27. The monoisotopic (exact) mass is 268 g/mol. The number of hydrogen-bond acceptors (Lipinski definition) is 3. The number of benzene rings is 2. The number of fused-ring (bicyclic) bond motifs is 1. The Balaban J connectivity index is 1.88. The van der Waals surface area contributed by atoms with Gasteiger partial charge in [0.05, 0.1) is 17.3 Å². The molecule has 0 radical (unpaired) electrons. The van der Waals surface area contributed by atoms with Gasteiger partial charge in [0.25, 0.3) is 11.8 Å². The molecule has 4 nitrogen and oxygen atoms in total. The molecule has 0 fully saturated rings. The van der Waals surface area contributed by atoms with Gasteiger partial charge in [-0.3, -0.25) is 9.59 Å². The zero-order valence-corrected chi connectivity index (χ0v) is 10.3. The summed E-state index contributed by atoms with van der Waals surface area (Å²) in [4.78, 5) is 24.0. The topological polar surface area (TPSA) is 49.7 Å². The van der Waals surface area contributed by atoms with Crippen LogP contribution >= 0.6 is 0 Å². The molecule has 0 N–H and O–H groups in total. The Morgan fingerprint density at radius 1 is 0.900 bits per heavy atom. The highest BCUT2D eigenvalue weighted by Gasteiger charge is 2.35. The van der Waals surface area contributed by atoms with Crippen LogP contribution in [0.4, 0.5) is 4.39 Å². The van der Waals surface area contributed by atoms with Crippen LogP contribution in [0.25, 0.3) is 0 Å². The average molecular weight is 268 g/mol. The van der Waals surface area contributed by atoms with E-state index in [0.717, 1.165) is 5.01 Å². The van der Waals surface area contributed by atoms with Crippen LogP contribution < -0.4 is 0 Å². The molecule has 0 saturated heterocycles. The van der Waals surface area contributed by atoms with Crippen LogP contribution in [0.15, 0.2) is 53.6 Å². The number of halogens is 1. The van der Waals surface area contributed by atoms with Crippen molar-refractivity contribution in [3.63, 3.8) is 0 Å². The maximum atomic E-state index is 12.8. The van der Waals surface area contributed by atoms with E-state index in [1.807, 2.05) is 0 Å². The van der Waals surface area contributed by atoms with E-state index in [1.54, 1.807) is 24.3 Å². The normalized spacial score (nSPS) is 14.2. The molecule has 0 aliphatic carbocycles. The minimum atomic E-state index is -0.455. The van der Waals surface area contributed by atoms with Gasteiger partial charge in [-0.15, -0.1) is 0 Å². The summed E-state index contributed by atoms with van der Waals surface area (Å²) in [5.41, 5.74) is 1.28. The van der Waals surface area contributed by atoms with E-state index in [9.17, 15) is 14.0 Å².